The monoisotopic (exact) mass is 603 g/mol. The summed E-state index contributed by atoms with van der Waals surface area (Å²) in [6.07, 6.45) is 5.60. The number of fused-ring (bicyclic) bond motifs is 1. The number of aromatic nitrogens is 1. The Morgan fingerprint density at radius 1 is 1.10 bits per heavy atom. The van der Waals surface area contributed by atoms with Crippen LogP contribution in [0.3, 0.4) is 0 Å². The first-order valence-electron chi connectivity index (χ1n) is 14.5. The second-order valence-electron chi connectivity index (χ2n) is 10.7. The number of carbonyl (C=O) groups is 1. The van der Waals surface area contributed by atoms with E-state index in [9.17, 15) is 9.59 Å². The molecule has 1 fully saturated rings. The van der Waals surface area contributed by atoms with E-state index in [4.69, 9.17) is 32.7 Å². The molecule has 41 heavy (non-hydrogen) atoms. The van der Waals surface area contributed by atoms with Gasteiger partial charge < -0.3 is 14.4 Å². The van der Waals surface area contributed by atoms with Gasteiger partial charge in [-0.25, -0.2) is 0 Å². The number of pyridine rings is 1. The summed E-state index contributed by atoms with van der Waals surface area (Å²) >= 11 is 12.7. The minimum absolute atomic E-state index is 0.0747. The highest BCUT2D eigenvalue weighted by Crippen LogP contribution is 2.27. The molecule has 1 aliphatic rings. The van der Waals surface area contributed by atoms with Crippen molar-refractivity contribution in [2.45, 2.75) is 59.6 Å². The Bertz CT molecular complexity index is 1310. The van der Waals surface area contributed by atoms with Crippen molar-refractivity contribution < 1.29 is 14.3 Å². The molecule has 0 spiro atoms. The predicted octanol–water partition coefficient (Wildman–Crippen LogP) is 7.06. The van der Waals surface area contributed by atoms with Crippen molar-refractivity contribution in [3.05, 3.63) is 75.2 Å². The summed E-state index contributed by atoms with van der Waals surface area (Å²) in [5.41, 5.74) is 1.48. The number of hydrogen-bond acceptors (Lipinski definition) is 6. The summed E-state index contributed by atoms with van der Waals surface area (Å²) in [4.78, 5) is 30.0. The molecule has 7 nitrogen and oxygen atoms in total. The first kappa shape index (κ1) is 32.8. The summed E-state index contributed by atoms with van der Waals surface area (Å²) in [5.74, 6) is 0.315. The van der Waals surface area contributed by atoms with E-state index in [0.717, 1.165) is 56.6 Å². The number of ether oxygens (including phenoxy) is 2. The summed E-state index contributed by atoms with van der Waals surface area (Å²) in [7, 11) is 0. The van der Waals surface area contributed by atoms with Crippen LogP contribution in [0, 0.1) is 5.92 Å². The average molecular weight is 605 g/mol. The first-order chi connectivity index (χ1) is 19.7. The van der Waals surface area contributed by atoms with E-state index in [1.807, 2.05) is 45.9 Å². The van der Waals surface area contributed by atoms with Gasteiger partial charge in [-0.1, -0.05) is 56.6 Å². The van der Waals surface area contributed by atoms with Gasteiger partial charge in [0.25, 0.3) is 5.56 Å². The van der Waals surface area contributed by atoms with Gasteiger partial charge in [0.2, 0.25) is 0 Å². The maximum absolute atomic E-state index is 12.9. The van der Waals surface area contributed by atoms with E-state index in [0.29, 0.717) is 40.8 Å². The lowest BCUT2D eigenvalue weighted by molar-refractivity contribution is -0.157. The topological polar surface area (TPSA) is 64.0 Å². The number of benzene rings is 1. The third-order valence-electron chi connectivity index (χ3n) is 7.21. The summed E-state index contributed by atoms with van der Waals surface area (Å²) in [6.45, 7) is 16.8. The van der Waals surface area contributed by atoms with Crippen LogP contribution >= 0.6 is 23.2 Å². The molecule has 224 valence electrons. The maximum Gasteiger partial charge on any atom is 0.307 e. The summed E-state index contributed by atoms with van der Waals surface area (Å²) in [5, 5.41) is 1.96. The highest BCUT2D eigenvalue weighted by molar-refractivity contribution is 6.44. The molecule has 3 rings (SSSR count). The van der Waals surface area contributed by atoms with E-state index in [1.165, 1.54) is 6.07 Å². The van der Waals surface area contributed by atoms with Gasteiger partial charge >= 0.3 is 5.97 Å². The molecule has 1 unspecified atom stereocenters. The third-order valence-corrected chi connectivity index (χ3v) is 8.10. The Morgan fingerprint density at radius 2 is 1.80 bits per heavy atom. The van der Waals surface area contributed by atoms with Crippen molar-refractivity contribution in [2.24, 2.45) is 5.92 Å². The van der Waals surface area contributed by atoms with Crippen LogP contribution in [0.1, 0.15) is 59.6 Å². The zero-order valence-corrected chi connectivity index (χ0v) is 26.2. The Kier molecular flexibility index (Phi) is 12.8. The molecule has 1 aromatic heterocycles. The molecule has 0 bridgehead atoms. The van der Waals surface area contributed by atoms with Gasteiger partial charge in [-0.05, 0) is 62.4 Å². The number of hydrogen-bond donors (Lipinski definition) is 0. The minimum atomic E-state index is -0.683. The molecule has 9 heteroatoms. The number of rotatable bonds is 14. The van der Waals surface area contributed by atoms with Crippen LogP contribution in [0.2, 0.25) is 0 Å². The van der Waals surface area contributed by atoms with Gasteiger partial charge in [0.15, 0.2) is 6.23 Å². The molecule has 0 radical (unpaired) electrons. The van der Waals surface area contributed by atoms with Gasteiger partial charge in [-0.3, -0.25) is 19.1 Å². The minimum Gasteiger partial charge on any atom is -0.494 e. The van der Waals surface area contributed by atoms with E-state index < -0.39 is 6.23 Å². The van der Waals surface area contributed by atoms with Crippen molar-refractivity contribution >= 4 is 40.1 Å². The number of halogens is 2. The fraction of sp³-hybridized carbons (Fsp3) is 0.500. The number of nitrogens with zero attached hydrogens (tertiary/aromatic N) is 3. The van der Waals surface area contributed by atoms with Crippen LogP contribution in [0.5, 0.6) is 5.75 Å². The van der Waals surface area contributed by atoms with Crippen LogP contribution in [0.25, 0.3) is 10.9 Å². The Hall–Kier alpha value is -2.74. The van der Waals surface area contributed by atoms with Gasteiger partial charge in [0.05, 0.1) is 22.2 Å². The molecular weight excluding hydrogens is 561 g/mol. The van der Waals surface area contributed by atoms with Crippen molar-refractivity contribution in [2.75, 3.05) is 39.3 Å². The Morgan fingerprint density at radius 3 is 2.46 bits per heavy atom. The van der Waals surface area contributed by atoms with Crippen LogP contribution in [0.4, 0.5) is 0 Å². The average Bonchev–Trinajstić information content (AvgIpc) is 2.95. The number of carbonyl (C=O) groups excluding carboxylic acids is 1. The highest BCUT2D eigenvalue weighted by atomic mass is 35.5. The number of piperazine rings is 1. The van der Waals surface area contributed by atoms with Crippen molar-refractivity contribution in [1.82, 2.24) is 14.4 Å². The van der Waals surface area contributed by atoms with Gasteiger partial charge in [0.1, 0.15) is 5.75 Å². The molecule has 0 N–H and O–H groups in total. The van der Waals surface area contributed by atoms with E-state index in [-0.39, 0.29) is 17.4 Å². The first-order valence-corrected chi connectivity index (χ1v) is 15.2. The second kappa shape index (κ2) is 16.0. The molecule has 1 aromatic carbocycles. The van der Waals surface area contributed by atoms with Crippen LogP contribution in [-0.2, 0) is 9.53 Å². The number of allylic oxidation sites excluding steroid dienone is 5. The van der Waals surface area contributed by atoms with Crippen LogP contribution < -0.4 is 10.3 Å². The van der Waals surface area contributed by atoms with Gasteiger partial charge in [-0.15, -0.1) is 0 Å². The molecule has 1 saturated heterocycles. The fourth-order valence-corrected chi connectivity index (χ4v) is 5.30. The van der Waals surface area contributed by atoms with E-state index in [1.54, 1.807) is 22.8 Å². The van der Waals surface area contributed by atoms with Crippen molar-refractivity contribution in [1.29, 1.82) is 0 Å². The quantitative estimate of drug-likeness (QED) is 0.131. The zero-order valence-electron chi connectivity index (χ0n) is 24.7. The number of unbranched alkanes of at least 4 members (excludes halogenated alkanes) is 1. The number of esters is 1. The molecule has 1 atom stereocenters. The molecule has 2 heterocycles. The molecule has 0 aliphatic carbocycles. The smallest absolute Gasteiger partial charge is 0.307 e. The Balaban J connectivity index is 1.55. The summed E-state index contributed by atoms with van der Waals surface area (Å²) < 4.78 is 13.4. The second-order valence-corrected chi connectivity index (χ2v) is 11.5. The lowest BCUT2D eigenvalue weighted by atomic mass is 10.1. The SMILES string of the molecule is C=C/C=C(Cl)\C(Cl)=C(/C)N1CCN(CCCCOc2ccc3ccc(=O)n(C(OC(=O)CCC)C(C)C)c3c2)CC1. The molecule has 0 amide bonds. The highest BCUT2D eigenvalue weighted by Gasteiger charge is 2.23. The van der Waals surface area contributed by atoms with Gasteiger partial charge in [0, 0.05) is 56.3 Å². The lowest BCUT2D eigenvalue weighted by Crippen LogP contribution is -2.45. The van der Waals surface area contributed by atoms with Gasteiger partial charge in [-0.2, -0.15) is 0 Å². The normalized spacial score (nSPS) is 16.1. The largest absolute Gasteiger partial charge is 0.494 e. The summed E-state index contributed by atoms with van der Waals surface area (Å²) in [6, 6.07) is 9.04. The zero-order chi connectivity index (χ0) is 29.9. The maximum atomic E-state index is 12.9. The third kappa shape index (κ3) is 9.12. The Labute approximate surface area is 254 Å². The molecule has 2 aromatic rings. The van der Waals surface area contributed by atoms with Crippen LogP contribution in [0.15, 0.2) is 69.6 Å². The molecular formula is C32H43Cl2N3O4. The fourth-order valence-electron chi connectivity index (χ4n) is 4.89. The lowest BCUT2D eigenvalue weighted by Gasteiger charge is -2.37. The molecule has 1 aliphatic heterocycles. The van der Waals surface area contributed by atoms with E-state index >= 15 is 0 Å². The predicted molar refractivity (Wildman–Crippen MR) is 169 cm³/mol. The van der Waals surface area contributed by atoms with Crippen molar-refractivity contribution in [3.8, 4) is 5.75 Å². The van der Waals surface area contributed by atoms with Crippen LogP contribution in [-0.4, -0.2) is 59.7 Å². The van der Waals surface area contributed by atoms with Crippen molar-refractivity contribution in [3.63, 3.8) is 0 Å². The molecule has 0 saturated carbocycles. The standard InChI is InChI=1S/C32H43Cl2N3O4/c1-6-10-27(33)31(34)24(5)36-19-17-35(18-20-36)16-8-9-21-40-26-14-12-25-13-15-29(38)37(28(25)22-26)32(23(3)4)41-30(39)11-7-2/h6,10,12-15,22-23,32H,1,7-9,11,16-21H2,2-5H3/b27-10+,31-24-. The van der Waals surface area contributed by atoms with E-state index in [2.05, 4.69) is 16.4 Å².